The van der Waals surface area contributed by atoms with Gasteiger partial charge in [-0.25, -0.2) is 14.6 Å². The van der Waals surface area contributed by atoms with Gasteiger partial charge in [0, 0.05) is 5.56 Å². The van der Waals surface area contributed by atoms with Crippen molar-refractivity contribution in [1.82, 2.24) is 0 Å². The van der Waals surface area contributed by atoms with Crippen molar-refractivity contribution in [3.8, 4) is 23.0 Å². The van der Waals surface area contributed by atoms with Gasteiger partial charge in [-0.1, -0.05) is 23.8 Å². The average Bonchev–Trinajstić information content (AvgIpc) is 3.26. The lowest BCUT2D eigenvalue weighted by molar-refractivity contribution is -0.129. The molecule has 3 aromatic carbocycles. The van der Waals surface area contributed by atoms with Crippen LogP contribution < -0.4 is 18.9 Å². The molecule has 1 aliphatic heterocycles. The summed E-state index contributed by atoms with van der Waals surface area (Å²) in [6.07, 6.45) is 1.57. The molecule has 8 heteroatoms. The van der Waals surface area contributed by atoms with Crippen LogP contribution in [-0.2, 0) is 9.53 Å². The summed E-state index contributed by atoms with van der Waals surface area (Å²) in [5.41, 5.74) is 2.70. The summed E-state index contributed by atoms with van der Waals surface area (Å²) in [6.45, 7) is 6.61. The molecular formula is C29H27NO7. The average molecular weight is 502 g/mol. The molecule has 1 heterocycles. The van der Waals surface area contributed by atoms with Crippen molar-refractivity contribution in [3.05, 3.63) is 88.6 Å². The molecule has 8 nitrogen and oxygen atoms in total. The van der Waals surface area contributed by atoms with Crippen molar-refractivity contribution in [2.24, 2.45) is 4.99 Å². The van der Waals surface area contributed by atoms with Gasteiger partial charge in [0.15, 0.2) is 28.7 Å². The zero-order valence-electron chi connectivity index (χ0n) is 21.1. The highest BCUT2D eigenvalue weighted by Crippen LogP contribution is 2.32. The van der Waals surface area contributed by atoms with Gasteiger partial charge in [0.1, 0.15) is 0 Å². The number of esters is 2. The number of aryl methyl sites for hydroxylation is 1. The standard InChI is InChI=1S/C29H27NO7/c1-5-34-23-13-11-20(17-26(23)35-6-2)27-30-22(29(32)37-27)15-19-10-12-24(25(16-19)33-4)36-28(31)21-9-7-8-18(3)14-21/h7-17H,5-6H2,1-4H3/b22-15-. The molecule has 0 amide bonds. The van der Waals surface area contributed by atoms with E-state index in [0.717, 1.165) is 5.56 Å². The lowest BCUT2D eigenvalue weighted by Crippen LogP contribution is -2.09. The Labute approximate surface area is 215 Å². The van der Waals surface area contributed by atoms with E-state index in [1.165, 1.54) is 7.11 Å². The van der Waals surface area contributed by atoms with Crippen molar-refractivity contribution in [2.45, 2.75) is 20.8 Å². The molecule has 0 atom stereocenters. The molecule has 37 heavy (non-hydrogen) atoms. The van der Waals surface area contributed by atoms with Crippen molar-refractivity contribution in [1.29, 1.82) is 0 Å². The molecule has 0 spiro atoms. The highest BCUT2D eigenvalue weighted by molar-refractivity contribution is 6.13. The molecule has 0 aliphatic carbocycles. The Morgan fingerprint density at radius 2 is 1.68 bits per heavy atom. The second-order valence-electron chi connectivity index (χ2n) is 8.03. The number of hydrogen-bond donors (Lipinski definition) is 0. The number of nitrogens with zero attached hydrogens (tertiary/aromatic N) is 1. The predicted molar refractivity (Wildman–Crippen MR) is 139 cm³/mol. The smallest absolute Gasteiger partial charge is 0.363 e. The lowest BCUT2D eigenvalue weighted by atomic mass is 10.1. The quantitative estimate of drug-likeness (QED) is 0.221. The van der Waals surface area contributed by atoms with E-state index in [2.05, 4.69) is 4.99 Å². The summed E-state index contributed by atoms with van der Waals surface area (Å²) in [7, 11) is 1.47. The fourth-order valence-corrected chi connectivity index (χ4v) is 3.66. The topological polar surface area (TPSA) is 92.7 Å². The van der Waals surface area contributed by atoms with Crippen LogP contribution in [0.1, 0.15) is 40.9 Å². The first-order valence-electron chi connectivity index (χ1n) is 11.8. The van der Waals surface area contributed by atoms with Gasteiger partial charge >= 0.3 is 11.9 Å². The Bertz CT molecular complexity index is 1390. The third-order valence-electron chi connectivity index (χ3n) is 5.36. The predicted octanol–water partition coefficient (Wildman–Crippen LogP) is 5.36. The van der Waals surface area contributed by atoms with Crippen molar-refractivity contribution < 1.29 is 33.3 Å². The van der Waals surface area contributed by atoms with Crippen molar-refractivity contribution >= 4 is 23.9 Å². The van der Waals surface area contributed by atoms with Crippen molar-refractivity contribution in [3.63, 3.8) is 0 Å². The number of ether oxygens (including phenoxy) is 5. The minimum Gasteiger partial charge on any atom is -0.493 e. The van der Waals surface area contributed by atoms with Crippen LogP contribution in [0.15, 0.2) is 71.4 Å². The molecule has 0 aromatic heterocycles. The van der Waals surface area contributed by atoms with Gasteiger partial charge in [0.05, 0.1) is 25.9 Å². The normalized spacial score (nSPS) is 13.7. The first-order chi connectivity index (χ1) is 17.9. The summed E-state index contributed by atoms with van der Waals surface area (Å²) < 4.78 is 27.6. The van der Waals surface area contributed by atoms with E-state index < -0.39 is 11.9 Å². The van der Waals surface area contributed by atoms with Crippen LogP contribution in [0.25, 0.3) is 6.08 Å². The minimum atomic E-state index is -0.587. The van der Waals surface area contributed by atoms with E-state index in [4.69, 9.17) is 23.7 Å². The Hall–Kier alpha value is -4.59. The maximum atomic E-state index is 12.5. The van der Waals surface area contributed by atoms with Gasteiger partial charge in [-0.3, -0.25) is 0 Å². The number of methoxy groups -OCH3 is 1. The van der Waals surface area contributed by atoms with Crippen molar-refractivity contribution in [2.75, 3.05) is 20.3 Å². The first-order valence-corrected chi connectivity index (χ1v) is 11.8. The van der Waals surface area contributed by atoms with Gasteiger partial charge in [-0.05, 0) is 74.9 Å². The molecule has 190 valence electrons. The number of benzene rings is 3. The number of carbonyl (C=O) groups excluding carboxylic acids is 2. The molecule has 1 aliphatic rings. The molecule has 0 bridgehead atoms. The zero-order valence-corrected chi connectivity index (χ0v) is 21.1. The van der Waals surface area contributed by atoms with Gasteiger partial charge in [-0.2, -0.15) is 0 Å². The fourth-order valence-electron chi connectivity index (χ4n) is 3.66. The second-order valence-corrected chi connectivity index (χ2v) is 8.03. The fraction of sp³-hybridized carbons (Fsp3) is 0.207. The largest absolute Gasteiger partial charge is 0.493 e. The van der Waals surface area contributed by atoms with Crippen LogP contribution in [0.2, 0.25) is 0 Å². The minimum absolute atomic E-state index is 0.119. The van der Waals surface area contributed by atoms with E-state index in [1.54, 1.807) is 60.7 Å². The summed E-state index contributed by atoms with van der Waals surface area (Å²) in [4.78, 5) is 29.5. The summed E-state index contributed by atoms with van der Waals surface area (Å²) in [6, 6.07) is 17.3. The van der Waals surface area contributed by atoms with Crippen LogP contribution in [0.3, 0.4) is 0 Å². The first kappa shape index (κ1) is 25.5. The zero-order chi connectivity index (χ0) is 26.4. The SMILES string of the molecule is CCOc1ccc(C2=N/C(=C\c3ccc(OC(=O)c4cccc(C)c4)c(OC)c3)C(=O)O2)cc1OCC. The van der Waals surface area contributed by atoms with E-state index in [1.807, 2.05) is 26.8 Å². The third-order valence-corrected chi connectivity index (χ3v) is 5.36. The molecule has 0 fully saturated rings. The Morgan fingerprint density at radius 3 is 2.41 bits per heavy atom. The van der Waals surface area contributed by atoms with Crippen LogP contribution in [0, 0.1) is 6.92 Å². The Kier molecular flexibility index (Phi) is 7.88. The highest BCUT2D eigenvalue weighted by atomic mass is 16.6. The van der Waals surface area contributed by atoms with Gasteiger partial charge < -0.3 is 23.7 Å². The van der Waals surface area contributed by atoms with E-state index in [9.17, 15) is 9.59 Å². The number of hydrogen-bond acceptors (Lipinski definition) is 8. The number of rotatable bonds is 9. The Morgan fingerprint density at radius 1 is 0.919 bits per heavy atom. The van der Waals surface area contributed by atoms with Gasteiger partial charge in [-0.15, -0.1) is 0 Å². The molecule has 4 rings (SSSR count). The second kappa shape index (κ2) is 11.4. The highest BCUT2D eigenvalue weighted by Gasteiger charge is 2.25. The molecule has 0 saturated heterocycles. The molecule has 0 saturated carbocycles. The monoisotopic (exact) mass is 501 g/mol. The van der Waals surface area contributed by atoms with Gasteiger partial charge in [0.25, 0.3) is 0 Å². The van der Waals surface area contributed by atoms with Crippen LogP contribution in [0.4, 0.5) is 0 Å². The molecular weight excluding hydrogens is 474 g/mol. The maximum absolute atomic E-state index is 12.5. The summed E-state index contributed by atoms with van der Waals surface area (Å²) in [5.74, 6) is 0.809. The molecule has 0 unspecified atom stereocenters. The Balaban J connectivity index is 1.57. The van der Waals surface area contributed by atoms with E-state index in [-0.39, 0.29) is 17.3 Å². The van der Waals surface area contributed by atoms with Gasteiger partial charge in [0.2, 0.25) is 5.90 Å². The maximum Gasteiger partial charge on any atom is 0.363 e. The third kappa shape index (κ3) is 5.98. The molecule has 0 radical (unpaired) electrons. The van der Waals surface area contributed by atoms with E-state index >= 15 is 0 Å². The van der Waals surface area contributed by atoms with Crippen LogP contribution in [-0.4, -0.2) is 38.2 Å². The summed E-state index contributed by atoms with van der Waals surface area (Å²) in [5, 5.41) is 0. The van der Waals surface area contributed by atoms with Crippen LogP contribution in [0.5, 0.6) is 23.0 Å². The number of carbonyl (C=O) groups is 2. The molecule has 3 aromatic rings. The number of aliphatic imine (C=N–C) groups is 1. The number of cyclic esters (lactones) is 1. The summed E-state index contributed by atoms with van der Waals surface area (Å²) >= 11 is 0. The van der Waals surface area contributed by atoms with Crippen LogP contribution >= 0.6 is 0 Å². The van der Waals surface area contributed by atoms with E-state index in [0.29, 0.717) is 47.2 Å². The lowest BCUT2D eigenvalue weighted by Gasteiger charge is -2.11. The molecule has 0 N–H and O–H groups in total.